The van der Waals surface area contributed by atoms with Gasteiger partial charge in [-0.3, -0.25) is 9.89 Å². The number of nitrogens with one attached hydrogen (secondary N) is 2. The molecule has 0 bridgehead atoms. The Morgan fingerprint density at radius 2 is 2.67 bits per heavy atom. The van der Waals surface area contributed by atoms with E-state index in [-0.39, 0.29) is 5.91 Å². The highest BCUT2D eigenvalue weighted by Crippen LogP contribution is 2.10. The van der Waals surface area contributed by atoms with Crippen molar-refractivity contribution in [2.24, 2.45) is 0 Å². The Morgan fingerprint density at radius 3 is 3.25 bits per heavy atom. The van der Waals surface area contributed by atoms with Crippen molar-refractivity contribution < 1.29 is 4.79 Å². The van der Waals surface area contributed by atoms with Crippen LogP contribution in [-0.4, -0.2) is 16.1 Å². The highest BCUT2D eigenvalue weighted by molar-refractivity contribution is 5.98. The third-order valence-electron chi connectivity index (χ3n) is 1.53. The first-order chi connectivity index (χ1) is 5.77. The van der Waals surface area contributed by atoms with E-state index in [4.69, 9.17) is 0 Å². The number of carbonyl (C=O) groups is 1. The van der Waals surface area contributed by atoms with Gasteiger partial charge >= 0.3 is 0 Å². The van der Waals surface area contributed by atoms with Crippen LogP contribution in [0.1, 0.15) is 12.5 Å². The molecule has 2 N–H and O–H groups in total. The number of rotatable bonds is 3. The van der Waals surface area contributed by atoms with Gasteiger partial charge in [-0.2, -0.15) is 5.10 Å². The molecule has 12 heavy (non-hydrogen) atoms. The molecule has 64 valence electrons. The molecule has 4 nitrogen and oxygen atoms in total. The molecule has 0 aliphatic rings. The van der Waals surface area contributed by atoms with Crippen molar-refractivity contribution in [2.75, 3.05) is 5.32 Å². The van der Waals surface area contributed by atoms with Crippen molar-refractivity contribution in [1.29, 1.82) is 0 Å². The van der Waals surface area contributed by atoms with Crippen LogP contribution < -0.4 is 5.32 Å². The largest absolute Gasteiger partial charge is 0.307 e. The zero-order valence-corrected chi connectivity index (χ0v) is 6.92. The molecular weight excluding hydrogens is 154 g/mol. The molecule has 0 aromatic carbocycles. The molecule has 4 heteroatoms. The highest BCUT2D eigenvalue weighted by Gasteiger charge is 2.03. The van der Waals surface area contributed by atoms with Crippen LogP contribution in [0.3, 0.4) is 0 Å². The van der Waals surface area contributed by atoms with Crippen molar-refractivity contribution in [1.82, 2.24) is 10.2 Å². The number of hydrogen-bond acceptors (Lipinski definition) is 2. The first-order valence-corrected chi connectivity index (χ1v) is 3.73. The minimum atomic E-state index is -0.228. The van der Waals surface area contributed by atoms with E-state index < -0.39 is 0 Å². The van der Waals surface area contributed by atoms with Crippen LogP contribution in [0, 0.1) is 0 Å². The van der Waals surface area contributed by atoms with Crippen LogP contribution in [0.25, 0.3) is 0 Å². The third kappa shape index (κ3) is 1.72. The van der Waals surface area contributed by atoms with Gasteiger partial charge in [-0.25, -0.2) is 0 Å². The molecule has 0 radical (unpaired) electrons. The number of nitrogens with zero attached hydrogens (tertiary/aromatic N) is 1. The Kier molecular flexibility index (Phi) is 2.63. The maximum atomic E-state index is 10.9. The number of hydrogen-bond donors (Lipinski definition) is 2. The van der Waals surface area contributed by atoms with Crippen molar-refractivity contribution in [3.05, 3.63) is 24.4 Å². The molecule has 1 heterocycles. The smallest absolute Gasteiger partial charge is 0.248 e. The van der Waals surface area contributed by atoms with Crippen LogP contribution in [0.15, 0.2) is 18.9 Å². The van der Waals surface area contributed by atoms with Gasteiger partial charge in [-0.15, -0.1) is 0 Å². The summed E-state index contributed by atoms with van der Waals surface area (Å²) < 4.78 is 0. The van der Waals surface area contributed by atoms with E-state index in [9.17, 15) is 4.79 Å². The maximum Gasteiger partial charge on any atom is 0.248 e. The molecule has 1 aromatic rings. The topological polar surface area (TPSA) is 57.8 Å². The van der Waals surface area contributed by atoms with Crippen LogP contribution in [0.5, 0.6) is 0 Å². The van der Waals surface area contributed by atoms with Gasteiger partial charge < -0.3 is 5.32 Å². The predicted molar refractivity (Wildman–Crippen MR) is 46.8 cm³/mol. The van der Waals surface area contributed by atoms with E-state index in [0.29, 0.717) is 5.82 Å². The van der Waals surface area contributed by atoms with Gasteiger partial charge in [0, 0.05) is 5.56 Å². The average molecular weight is 165 g/mol. The molecule has 0 aliphatic heterocycles. The summed E-state index contributed by atoms with van der Waals surface area (Å²) in [5.41, 5.74) is 0.991. The summed E-state index contributed by atoms with van der Waals surface area (Å²) in [6.07, 6.45) is 3.75. The maximum absolute atomic E-state index is 10.9. The third-order valence-corrected chi connectivity index (χ3v) is 1.53. The first kappa shape index (κ1) is 8.52. The van der Waals surface area contributed by atoms with Crippen LogP contribution in [0.4, 0.5) is 5.82 Å². The molecule has 0 unspecified atom stereocenters. The Hall–Kier alpha value is -1.58. The predicted octanol–water partition coefficient (Wildman–Crippen LogP) is 1.10. The number of H-pyrrole nitrogens is 1. The molecular formula is C8H11N3O. The summed E-state index contributed by atoms with van der Waals surface area (Å²) >= 11 is 0. The second-order valence-electron chi connectivity index (χ2n) is 2.32. The van der Waals surface area contributed by atoms with E-state index in [0.717, 1.165) is 12.0 Å². The molecule has 0 saturated carbocycles. The number of aromatic nitrogens is 2. The average Bonchev–Trinajstić information content (AvgIpc) is 2.51. The second kappa shape index (κ2) is 3.71. The molecule has 0 atom stereocenters. The minimum absolute atomic E-state index is 0.228. The lowest BCUT2D eigenvalue weighted by Gasteiger charge is -1.99. The summed E-state index contributed by atoms with van der Waals surface area (Å²) in [6.45, 7) is 5.34. The van der Waals surface area contributed by atoms with Gasteiger partial charge in [0.15, 0.2) is 0 Å². The van der Waals surface area contributed by atoms with Crippen LogP contribution >= 0.6 is 0 Å². The van der Waals surface area contributed by atoms with Crippen LogP contribution in [-0.2, 0) is 11.2 Å². The number of aryl methyl sites for hydroxylation is 1. The Balaban J connectivity index is 2.74. The monoisotopic (exact) mass is 165 g/mol. The summed E-state index contributed by atoms with van der Waals surface area (Å²) in [4.78, 5) is 10.9. The fraction of sp³-hybridized carbons (Fsp3) is 0.250. The normalized spacial score (nSPS) is 9.42. The van der Waals surface area contributed by atoms with E-state index in [2.05, 4.69) is 22.1 Å². The second-order valence-corrected chi connectivity index (χ2v) is 2.32. The van der Waals surface area contributed by atoms with Crippen molar-refractivity contribution in [3.8, 4) is 0 Å². The van der Waals surface area contributed by atoms with E-state index >= 15 is 0 Å². The van der Waals surface area contributed by atoms with Crippen molar-refractivity contribution >= 4 is 11.7 Å². The fourth-order valence-corrected chi connectivity index (χ4v) is 0.862. The minimum Gasteiger partial charge on any atom is -0.307 e. The lowest BCUT2D eigenvalue weighted by Crippen LogP contribution is -2.08. The Labute approximate surface area is 70.7 Å². The molecule has 0 fully saturated rings. The van der Waals surface area contributed by atoms with E-state index in [1.807, 2.05) is 6.92 Å². The number of aromatic amines is 1. The zero-order valence-electron chi connectivity index (χ0n) is 6.92. The first-order valence-electron chi connectivity index (χ1n) is 3.73. The lowest BCUT2D eigenvalue weighted by atomic mass is 10.2. The van der Waals surface area contributed by atoms with Crippen molar-refractivity contribution in [2.45, 2.75) is 13.3 Å². The highest BCUT2D eigenvalue weighted by atomic mass is 16.1. The summed E-state index contributed by atoms with van der Waals surface area (Å²) in [6, 6.07) is 0. The molecule has 0 saturated heterocycles. The van der Waals surface area contributed by atoms with E-state index in [1.54, 1.807) is 6.20 Å². The summed E-state index contributed by atoms with van der Waals surface area (Å²) in [5, 5.41) is 9.11. The van der Waals surface area contributed by atoms with Gasteiger partial charge in [0.05, 0.1) is 6.20 Å². The molecule has 1 amide bonds. The van der Waals surface area contributed by atoms with Gasteiger partial charge in [-0.1, -0.05) is 13.5 Å². The van der Waals surface area contributed by atoms with Gasteiger partial charge in [0.25, 0.3) is 0 Å². The quantitative estimate of drug-likeness (QED) is 0.659. The zero-order chi connectivity index (χ0) is 8.97. The van der Waals surface area contributed by atoms with Crippen molar-refractivity contribution in [3.63, 3.8) is 0 Å². The molecule has 0 aliphatic carbocycles. The lowest BCUT2D eigenvalue weighted by molar-refractivity contribution is -0.111. The van der Waals surface area contributed by atoms with Gasteiger partial charge in [-0.05, 0) is 12.5 Å². The van der Waals surface area contributed by atoms with Gasteiger partial charge in [0.2, 0.25) is 5.91 Å². The standard InChI is InChI=1S/C8H11N3O/c1-3-6-5-9-11-8(6)10-7(12)4-2/h4-5H,2-3H2,1H3,(H2,9,10,11,12). The Morgan fingerprint density at radius 1 is 1.92 bits per heavy atom. The number of amides is 1. The van der Waals surface area contributed by atoms with Crippen LogP contribution in [0.2, 0.25) is 0 Å². The summed E-state index contributed by atoms with van der Waals surface area (Å²) in [5.74, 6) is 0.427. The molecule has 1 aromatic heterocycles. The molecule has 1 rings (SSSR count). The Bertz CT molecular complexity index is 290. The van der Waals surface area contributed by atoms with E-state index in [1.165, 1.54) is 6.08 Å². The fourth-order valence-electron chi connectivity index (χ4n) is 0.862. The SMILES string of the molecule is C=CC(=O)Nc1[nH]ncc1CC. The number of anilines is 1. The molecule has 0 spiro atoms. The summed E-state index contributed by atoms with van der Waals surface area (Å²) in [7, 11) is 0. The number of carbonyl (C=O) groups excluding carboxylic acids is 1. The van der Waals surface area contributed by atoms with Gasteiger partial charge in [0.1, 0.15) is 5.82 Å².